The number of nitrogens with zero attached hydrogens (tertiary/aromatic N) is 2. The number of aliphatic carboxylic acids is 1. The largest absolute Gasteiger partial charge is 0.497 e. The minimum Gasteiger partial charge on any atom is -0.497 e. The minimum absolute atomic E-state index is 0.152. The lowest BCUT2D eigenvalue weighted by Gasteiger charge is -2.15. The molecule has 1 N–H and O–H groups in total. The van der Waals surface area contributed by atoms with E-state index in [1.807, 2.05) is 36.7 Å². The van der Waals surface area contributed by atoms with Gasteiger partial charge in [-0.25, -0.2) is 4.98 Å². The third-order valence-corrected chi connectivity index (χ3v) is 3.67. The van der Waals surface area contributed by atoms with Gasteiger partial charge in [0.25, 0.3) is 0 Å². The zero-order chi connectivity index (χ0) is 14.2. The molecule has 2 aromatic rings. The second-order valence-electron chi connectivity index (χ2n) is 4.80. The summed E-state index contributed by atoms with van der Waals surface area (Å²) in [5.74, 6) is 0.0877. The first-order chi connectivity index (χ1) is 8.95. The number of carbonyl (C=O) groups is 1. The van der Waals surface area contributed by atoms with E-state index in [1.165, 1.54) is 0 Å². The van der Waals surface area contributed by atoms with Crippen LogP contribution < -0.4 is 4.74 Å². The van der Waals surface area contributed by atoms with Crippen LogP contribution in [0.4, 0.5) is 0 Å². The van der Waals surface area contributed by atoms with Gasteiger partial charge in [-0.3, -0.25) is 4.79 Å². The first-order valence-electron chi connectivity index (χ1n) is 6.19. The Bertz CT molecular complexity index is 618. The van der Waals surface area contributed by atoms with Crippen molar-refractivity contribution in [2.45, 2.75) is 19.8 Å². The highest BCUT2D eigenvalue weighted by Crippen LogP contribution is 2.28. The molecule has 1 aromatic heterocycles. The van der Waals surface area contributed by atoms with Gasteiger partial charge in [0, 0.05) is 19.0 Å². The molecular weight excluding hydrogens is 244 g/mol. The molecule has 0 aliphatic heterocycles. The Hall–Kier alpha value is -2.04. The van der Waals surface area contributed by atoms with E-state index in [0.717, 1.165) is 22.6 Å². The maximum atomic E-state index is 11.1. The average Bonchev–Trinajstić information content (AvgIpc) is 2.73. The van der Waals surface area contributed by atoms with Crippen LogP contribution in [0.2, 0.25) is 0 Å². The van der Waals surface area contributed by atoms with Gasteiger partial charge in [0.1, 0.15) is 11.6 Å². The molecule has 0 amide bonds. The zero-order valence-corrected chi connectivity index (χ0v) is 11.5. The number of methoxy groups -OCH3 is 1. The fourth-order valence-corrected chi connectivity index (χ4v) is 2.17. The number of aryl methyl sites for hydroxylation is 1. The maximum Gasteiger partial charge on any atom is 0.306 e. The fourth-order valence-electron chi connectivity index (χ4n) is 2.17. The summed E-state index contributed by atoms with van der Waals surface area (Å²) in [5, 5.41) is 9.10. The molecule has 5 heteroatoms. The summed E-state index contributed by atoms with van der Waals surface area (Å²) in [7, 11) is 3.52. The van der Waals surface area contributed by atoms with Crippen LogP contribution in [-0.4, -0.2) is 27.7 Å². The molecule has 0 saturated heterocycles. The number of ether oxygens (including phenoxy) is 1. The summed E-state index contributed by atoms with van der Waals surface area (Å²) in [5.41, 5.74) is 1.79. The first-order valence-corrected chi connectivity index (χ1v) is 6.19. The lowest BCUT2D eigenvalue weighted by Crippen LogP contribution is -2.19. The van der Waals surface area contributed by atoms with Crippen molar-refractivity contribution in [3.05, 3.63) is 24.0 Å². The quantitative estimate of drug-likeness (QED) is 0.919. The molecule has 102 valence electrons. The molecule has 1 heterocycles. The first kappa shape index (κ1) is 13.4. The van der Waals surface area contributed by atoms with E-state index < -0.39 is 11.9 Å². The summed E-state index contributed by atoms with van der Waals surface area (Å²) in [6.45, 7) is 3.59. The molecule has 0 fully saturated rings. The van der Waals surface area contributed by atoms with Crippen LogP contribution in [0.1, 0.15) is 25.6 Å². The van der Waals surface area contributed by atoms with Crippen molar-refractivity contribution in [1.82, 2.24) is 9.55 Å². The number of hydrogen-bond acceptors (Lipinski definition) is 3. The van der Waals surface area contributed by atoms with Crippen LogP contribution in [0.5, 0.6) is 5.75 Å². The highest BCUT2D eigenvalue weighted by Gasteiger charge is 2.25. The van der Waals surface area contributed by atoms with Crippen molar-refractivity contribution in [1.29, 1.82) is 0 Å². The molecule has 0 aliphatic carbocycles. The van der Waals surface area contributed by atoms with E-state index in [0.29, 0.717) is 0 Å². The third-order valence-electron chi connectivity index (χ3n) is 3.67. The molecule has 0 saturated carbocycles. The van der Waals surface area contributed by atoms with E-state index in [9.17, 15) is 4.79 Å². The summed E-state index contributed by atoms with van der Waals surface area (Å²) in [6, 6.07) is 5.67. The van der Waals surface area contributed by atoms with E-state index in [2.05, 4.69) is 4.98 Å². The molecule has 1 aromatic carbocycles. The molecule has 0 aliphatic rings. The van der Waals surface area contributed by atoms with Crippen LogP contribution in [-0.2, 0) is 11.8 Å². The Morgan fingerprint density at radius 1 is 1.42 bits per heavy atom. The fraction of sp³-hybridized carbons (Fsp3) is 0.429. The van der Waals surface area contributed by atoms with Crippen LogP contribution in [0.25, 0.3) is 11.0 Å². The highest BCUT2D eigenvalue weighted by molar-refractivity contribution is 5.78. The van der Waals surface area contributed by atoms with Crippen molar-refractivity contribution in [3.8, 4) is 5.75 Å². The van der Waals surface area contributed by atoms with E-state index in [-0.39, 0.29) is 5.92 Å². The van der Waals surface area contributed by atoms with Gasteiger partial charge in [-0.15, -0.1) is 0 Å². The molecule has 0 radical (unpaired) electrons. The summed E-state index contributed by atoms with van der Waals surface area (Å²) in [6.07, 6.45) is 0. The van der Waals surface area contributed by atoms with Crippen molar-refractivity contribution in [2.75, 3.05) is 7.11 Å². The molecule has 2 rings (SSSR count). The molecule has 0 bridgehead atoms. The van der Waals surface area contributed by atoms with Crippen molar-refractivity contribution < 1.29 is 14.6 Å². The number of carboxylic acids is 1. The Labute approximate surface area is 111 Å². The predicted molar refractivity (Wildman–Crippen MR) is 72.5 cm³/mol. The van der Waals surface area contributed by atoms with Crippen molar-refractivity contribution in [3.63, 3.8) is 0 Å². The van der Waals surface area contributed by atoms with Crippen molar-refractivity contribution >= 4 is 17.0 Å². The van der Waals surface area contributed by atoms with E-state index in [4.69, 9.17) is 9.84 Å². The SMILES string of the molecule is COc1ccc2c(c1)nc(C(C)C(C)C(=O)O)n2C. The molecule has 2 unspecified atom stereocenters. The Balaban J connectivity index is 2.50. The second kappa shape index (κ2) is 4.91. The number of aromatic nitrogens is 2. The summed E-state index contributed by atoms with van der Waals surface area (Å²) in [4.78, 5) is 15.6. The van der Waals surface area contributed by atoms with Gasteiger partial charge >= 0.3 is 5.97 Å². The highest BCUT2D eigenvalue weighted by atomic mass is 16.5. The number of imidazole rings is 1. The van der Waals surface area contributed by atoms with E-state index >= 15 is 0 Å². The Morgan fingerprint density at radius 2 is 2.11 bits per heavy atom. The van der Waals surface area contributed by atoms with E-state index in [1.54, 1.807) is 14.0 Å². The zero-order valence-electron chi connectivity index (χ0n) is 11.5. The number of fused-ring (bicyclic) bond motifs is 1. The van der Waals surface area contributed by atoms with Crippen LogP contribution in [0.15, 0.2) is 18.2 Å². The average molecular weight is 262 g/mol. The van der Waals surface area contributed by atoms with Gasteiger partial charge in [0.05, 0.1) is 24.1 Å². The molecule has 19 heavy (non-hydrogen) atoms. The Kier molecular flexibility index (Phi) is 3.46. The van der Waals surface area contributed by atoms with Gasteiger partial charge in [0.15, 0.2) is 0 Å². The minimum atomic E-state index is -0.808. The number of carboxylic acid groups (broad SMARTS) is 1. The second-order valence-corrected chi connectivity index (χ2v) is 4.80. The van der Waals surface area contributed by atoms with Gasteiger partial charge in [-0.2, -0.15) is 0 Å². The number of rotatable bonds is 4. The smallest absolute Gasteiger partial charge is 0.306 e. The lowest BCUT2D eigenvalue weighted by molar-refractivity contribution is -0.141. The number of benzene rings is 1. The lowest BCUT2D eigenvalue weighted by atomic mass is 9.95. The standard InChI is InChI=1S/C14H18N2O3/c1-8(9(2)14(17)18)13-15-11-7-10(19-4)5-6-12(11)16(13)3/h5-9H,1-4H3,(H,17,18). The molecular formula is C14H18N2O3. The topological polar surface area (TPSA) is 64.3 Å². The summed E-state index contributed by atoms with van der Waals surface area (Å²) >= 11 is 0. The van der Waals surface area contributed by atoms with Gasteiger partial charge < -0.3 is 14.4 Å². The summed E-state index contributed by atoms with van der Waals surface area (Å²) < 4.78 is 7.12. The maximum absolute atomic E-state index is 11.1. The Morgan fingerprint density at radius 3 is 2.68 bits per heavy atom. The van der Waals surface area contributed by atoms with Gasteiger partial charge in [-0.1, -0.05) is 13.8 Å². The molecule has 0 spiro atoms. The van der Waals surface area contributed by atoms with Crippen LogP contribution in [0.3, 0.4) is 0 Å². The van der Waals surface area contributed by atoms with Crippen LogP contribution in [0, 0.1) is 5.92 Å². The van der Waals surface area contributed by atoms with Crippen LogP contribution >= 0.6 is 0 Å². The van der Waals surface area contributed by atoms with Gasteiger partial charge in [0.2, 0.25) is 0 Å². The van der Waals surface area contributed by atoms with Gasteiger partial charge in [-0.05, 0) is 12.1 Å². The normalized spacial score (nSPS) is 14.3. The van der Waals surface area contributed by atoms with Crippen molar-refractivity contribution in [2.24, 2.45) is 13.0 Å². The third kappa shape index (κ3) is 2.28. The monoisotopic (exact) mass is 262 g/mol. The molecule has 2 atom stereocenters. The number of hydrogen-bond donors (Lipinski definition) is 1. The predicted octanol–water partition coefficient (Wildman–Crippen LogP) is 2.41. The molecule has 5 nitrogen and oxygen atoms in total.